The number of aromatic nitrogens is 1. The second kappa shape index (κ2) is 6.41. The van der Waals surface area contributed by atoms with Crippen LogP contribution in [-0.4, -0.2) is 16.1 Å². The average Bonchev–Trinajstić information content (AvgIpc) is 3.03. The van der Waals surface area contributed by atoms with Crippen LogP contribution in [0.4, 0.5) is 0 Å². The van der Waals surface area contributed by atoms with Crippen LogP contribution in [0.3, 0.4) is 0 Å². The van der Waals surface area contributed by atoms with Crippen molar-refractivity contribution >= 4 is 17.3 Å². The van der Waals surface area contributed by atoms with E-state index in [-0.39, 0.29) is 18.3 Å². The van der Waals surface area contributed by atoms with Gasteiger partial charge in [-0.25, -0.2) is 9.78 Å². The molecule has 0 amide bonds. The summed E-state index contributed by atoms with van der Waals surface area (Å²) in [6.45, 7) is 0.149. The zero-order valence-electron chi connectivity index (χ0n) is 11.6. The summed E-state index contributed by atoms with van der Waals surface area (Å²) in [7, 11) is 0. The second-order valence-corrected chi connectivity index (χ2v) is 5.56. The van der Waals surface area contributed by atoms with Crippen molar-refractivity contribution in [3.05, 3.63) is 70.5 Å². The first-order valence-corrected chi connectivity index (χ1v) is 7.56. The first-order chi connectivity index (χ1) is 10.7. The van der Waals surface area contributed by atoms with E-state index in [0.29, 0.717) is 5.56 Å². The number of carbonyl (C=O) groups is 1. The number of phenols is 1. The van der Waals surface area contributed by atoms with Crippen molar-refractivity contribution in [2.45, 2.75) is 6.61 Å². The third-order valence-electron chi connectivity index (χ3n) is 3.05. The molecule has 0 saturated heterocycles. The number of ether oxygens (including phenoxy) is 1. The van der Waals surface area contributed by atoms with Gasteiger partial charge in [-0.1, -0.05) is 18.2 Å². The van der Waals surface area contributed by atoms with Crippen LogP contribution in [0.15, 0.2) is 60.0 Å². The molecule has 1 N–H and O–H groups in total. The van der Waals surface area contributed by atoms with Crippen molar-refractivity contribution in [2.24, 2.45) is 0 Å². The maximum Gasteiger partial charge on any atom is 0.338 e. The minimum atomic E-state index is -0.359. The third-order valence-corrected chi connectivity index (χ3v) is 3.87. The van der Waals surface area contributed by atoms with Gasteiger partial charge >= 0.3 is 5.97 Å². The Morgan fingerprint density at radius 1 is 1.09 bits per heavy atom. The van der Waals surface area contributed by atoms with Gasteiger partial charge in [-0.05, 0) is 36.4 Å². The summed E-state index contributed by atoms with van der Waals surface area (Å²) < 4.78 is 5.25. The molecule has 0 aliphatic rings. The molecule has 0 unspecified atom stereocenters. The van der Waals surface area contributed by atoms with E-state index in [4.69, 9.17) is 4.74 Å². The summed E-state index contributed by atoms with van der Waals surface area (Å²) in [5.74, 6) is -0.141. The lowest BCUT2D eigenvalue weighted by Gasteiger charge is -2.02. The van der Waals surface area contributed by atoms with E-state index in [1.54, 1.807) is 48.5 Å². The van der Waals surface area contributed by atoms with Crippen molar-refractivity contribution in [2.75, 3.05) is 0 Å². The van der Waals surface area contributed by atoms with Gasteiger partial charge in [-0.15, -0.1) is 11.3 Å². The van der Waals surface area contributed by atoms with Gasteiger partial charge in [0.15, 0.2) is 0 Å². The molecule has 1 aromatic heterocycles. The molecule has 0 spiro atoms. The Hall–Kier alpha value is -2.66. The topological polar surface area (TPSA) is 59.4 Å². The number of hydrogen-bond acceptors (Lipinski definition) is 5. The van der Waals surface area contributed by atoms with Crippen LogP contribution in [0.25, 0.3) is 11.3 Å². The second-order valence-electron chi connectivity index (χ2n) is 4.62. The van der Waals surface area contributed by atoms with Crippen LogP contribution < -0.4 is 0 Å². The maximum absolute atomic E-state index is 11.9. The summed E-state index contributed by atoms with van der Waals surface area (Å²) in [6, 6.07) is 15.7. The number of aromatic hydroxyl groups is 1. The highest BCUT2D eigenvalue weighted by molar-refractivity contribution is 7.09. The van der Waals surface area contributed by atoms with Gasteiger partial charge in [0.1, 0.15) is 17.4 Å². The van der Waals surface area contributed by atoms with Crippen LogP contribution in [-0.2, 0) is 11.3 Å². The Labute approximate surface area is 131 Å². The minimum absolute atomic E-state index is 0.149. The van der Waals surface area contributed by atoms with Gasteiger partial charge in [-0.2, -0.15) is 0 Å². The predicted octanol–water partition coefficient (Wildman–Crippen LogP) is 3.87. The molecule has 2 aromatic carbocycles. The van der Waals surface area contributed by atoms with Crippen LogP contribution >= 0.6 is 11.3 Å². The highest BCUT2D eigenvalue weighted by Gasteiger charge is 2.09. The fraction of sp³-hybridized carbons (Fsp3) is 0.0588. The van der Waals surface area contributed by atoms with Gasteiger partial charge in [0, 0.05) is 10.9 Å². The Kier molecular flexibility index (Phi) is 4.16. The molecule has 0 bridgehead atoms. The van der Waals surface area contributed by atoms with Crippen LogP contribution in [0.5, 0.6) is 5.75 Å². The van der Waals surface area contributed by atoms with E-state index in [1.807, 2.05) is 11.4 Å². The average molecular weight is 311 g/mol. The molecule has 0 fully saturated rings. The standard InChI is InChI=1S/C17H13NO3S/c19-14-8-6-12(7-9-14)15-11-22-16(18-15)10-21-17(20)13-4-2-1-3-5-13/h1-9,11,19H,10H2. The molecule has 5 heteroatoms. The van der Waals surface area contributed by atoms with Gasteiger partial charge in [0.25, 0.3) is 0 Å². The van der Waals surface area contributed by atoms with E-state index in [0.717, 1.165) is 16.3 Å². The van der Waals surface area contributed by atoms with Gasteiger partial charge in [-0.3, -0.25) is 0 Å². The summed E-state index contributed by atoms with van der Waals surface area (Å²) in [5, 5.41) is 11.9. The quantitative estimate of drug-likeness (QED) is 0.743. The predicted molar refractivity (Wildman–Crippen MR) is 84.8 cm³/mol. The molecule has 0 aliphatic heterocycles. The Bertz CT molecular complexity index is 766. The van der Waals surface area contributed by atoms with Crippen molar-refractivity contribution in [1.82, 2.24) is 4.98 Å². The SMILES string of the molecule is O=C(OCc1nc(-c2ccc(O)cc2)cs1)c1ccccc1. The van der Waals surface area contributed by atoms with Crippen LogP contribution in [0, 0.1) is 0 Å². The first kappa shape index (κ1) is 14.3. The lowest BCUT2D eigenvalue weighted by atomic mass is 10.2. The fourth-order valence-corrected chi connectivity index (χ4v) is 2.64. The van der Waals surface area contributed by atoms with Gasteiger partial charge in [0.2, 0.25) is 0 Å². The number of rotatable bonds is 4. The van der Waals surface area contributed by atoms with Crippen LogP contribution in [0.2, 0.25) is 0 Å². The van der Waals surface area contributed by atoms with E-state index < -0.39 is 0 Å². The molecule has 0 atom stereocenters. The van der Waals surface area contributed by atoms with E-state index in [2.05, 4.69) is 4.98 Å². The number of thiazole rings is 1. The molecule has 0 aliphatic carbocycles. The first-order valence-electron chi connectivity index (χ1n) is 6.68. The Balaban J connectivity index is 1.65. The molecule has 0 saturated carbocycles. The zero-order chi connectivity index (χ0) is 15.4. The molecule has 3 aromatic rings. The van der Waals surface area contributed by atoms with Crippen LogP contribution in [0.1, 0.15) is 15.4 Å². The smallest absolute Gasteiger partial charge is 0.338 e. The number of carbonyl (C=O) groups excluding carboxylic acids is 1. The van der Waals surface area contributed by atoms with Crippen molar-refractivity contribution in [3.8, 4) is 17.0 Å². The largest absolute Gasteiger partial charge is 0.508 e. The summed E-state index contributed by atoms with van der Waals surface area (Å²) in [6.07, 6.45) is 0. The monoisotopic (exact) mass is 311 g/mol. The number of nitrogens with zero attached hydrogens (tertiary/aromatic N) is 1. The molecule has 110 valence electrons. The molecule has 22 heavy (non-hydrogen) atoms. The fourth-order valence-electron chi connectivity index (χ4n) is 1.93. The molecular weight excluding hydrogens is 298 g/mol. The molecule has 1 heterocycles. The number of benzene rings is 2. The minimum Gasteiger partial charge on any atom is -0.508 e. The third kappa shape index (κ3) is 3.32. The molecule has 3 rings (SSSR count). The van der Waals surface area contributed by atoms with Crippen molar-refractivity contribution < 1.29 is 14.6 Å². The number of hydrogen-bond donors (Lipinski definition) is 1. The van der Waals surface area contributed by atoms with E-state index >= 15 is 0 Å². The highest BCUT2D eigenvalue weighted by Crippen LogP contribution is 2.24. The highest BCUT2D eigenvalue weighted by atomic mass is 32.1. The summed E-state index contributed by atoms with van der Waals surface area (Å²) >= 11 is 1.43. The zero-order valence-corrected chi connectivity index (χ0v) is 12.4. The molecule has 4 nitrogen and oxygen atoms in total. The number of phenolic OH excluding ortho intramolecular Hbond substituents is 1. The Morgan fingerprint density at radius 3 is 2.55 bits per heavy atom. The normalized spacial score (nSPS) is 10.4. The van der Waals surface area contributed by atoms with E-state index in [9.17, 15) is 9.90 Å². The van der Waals surface area contributed by atoms with Gasteiger partial charge < -0.3 is 9.84 Å². The Morgan fingerprint density at radius 2 is 1.82 bits per heavy atom. The summed E-state index contributed by atoms with van der Waals surface area (Å²) in [5.41, 5.74) is 2.24. The van der Waals surface area contributed by atoms with E-state index in [1.165, 1.54) is 11.3 Å². The van der Waals surface area contributed by atoms with Crippen molar-refractivity contribution in [3.63, 3.8) is 0 Å². The van der Waals surface area contributed by atoms with Gasteiger partial charge in [0.05, 0.1) is 11.3 Å². The number of esters is 1. The maximum atomic E-state index is 11.9. The lowest BCUT2D eigenvalue weighted by molar-refractivity contribution is 0.0472. The van der Waals surface area contributed by atoms with Crippen molar-refractivity contribution in [1.29, 1.82) is 0 Å². The summed E-state index contributed by atoms with van der Waals surface area (Å²) in [4.78, 5) is 16.3. The molecule has 0 radical (unpaired) electrons. The molecular formula is C17H13NO3S. The lowest BCUT2D eigenvalue weighted by Crippen LogP contribution is -2.04.